The number of halogens is 3. The lowest BCUT2D eigenvalue weighted by Crippen LogP contribution is -2.56. The maximum atomic E-state index is 14.0. The molecule has 1 aromatic heterocycles. The molecule has 2 aliphatic carbocycles. The normalized spacial score (nSPS) is 25.7. The van der Waals surface area contributed by atoms with Gasteiger partial charge in [-0.15, -0.1) is 0 Å². The molecule has 0 radical (unpaired) electrons. The van der Waals surface area contributed by atoms with Gasteiger partial charge in [-0.3, -0.25) is 14.5 Å². The van der Waals surface area contributed by atoms with Crippen LogP contribution in [0.4, 0.5) is 14.5 Å². The van der Waals surface area contributed by atoms with E-state index in [1.165, 1.54) is 0 Å². The fraction of sp³-hybridized carbons (Fsp3) is 0.636. The van der Waals surface area contributed by atoms with Gasteiger partial charge in [-0.05, 0) is 65.2 Å². The third-order valence-corrected chi connectivity index (χ3v) is 9.70. The van der Waals surface area contributed by atoms with Gasteiger partial charge in [0.05, 0.1) is 28.5 Å². The Hall–Kier alpha value is -2.69. The highest BCUT2D eigenvalue weighted by atomic mass is 35.5. The van der Waals surface area contributed by atoms with Crippen molar-refractivity contribution >= 4 is 23.2 Å². The van der Waals surface area contributed by atoms with Crippen molar-refractivity contribution in [2.45, 2.75) is 116 Å². The first kappa shape index (κ1) is 32.7. The molecule has 44 heavy (non-hydrogen) atoms. The molecular formula is C33H45ClF2N4O4. The maximum absolute atomic E-state index is 14.0. The summed E-state index contributed by atoms with van der Waals surface area (Å²) in [6.07, 6.45) is 2.41. The number of alkyl halides is 2. The molecule has 2 heterocycles. The van der Waals surface area contributed by atoms with Gasteiger partial charge >= 0.3 is 0 Å². The zero-order valence-corrected chi connectivity index (χ0v) is 27.1. The van der Waals surface area contributed by atoms with E-state index in [4.69, 9.17) is 21.1 Å². The highest BCUT2D eigenvalue weighted by Gasteiger charge is 2.39. The minimum atomic E-state index is -2.65. The number of amides is 1. The van der Waals surface area contributed by atoms with Crippen LogP contribution in [0.2, 0.25) is 5.02 Å². The highest BCUT2D eigenvalue weighted by Crippen LogP contribution is 2.41. The van der Waals surface area contributed by atoms with Crippen molar-refractivity contribution in [3.63, 3.8) is 0 Å². The molecule has 1 amide bonds. The Kier molecular flexibility index (Phi) is 9.92. The lowest BCUT2D eigenvalue weighted by molar-refractivity contribution is -0.103. The fourth-order valence-electron chi connectivity index (χ4n) is 6.99. The van der Waals surface area contributed by atoms with Gasteiger partial charge in [0, 0.05) is 81.3 Å². The fourth-order valence-corrected chi connectivity index (χ4v) is 7.30. The SMILES string of the molecule is CCN(c1cc(O[C@H]2C[C@H](N3C[C@@H](C)O[C@@H](C)C3)C2)cc(C(=O)NCc2c(C)cc(C)[nH]c2=O)c1Cl)C1CCC(F)(F)CC1. The molecule has 2 atom stereocenters. The molecule has 0 spiro atoms. The molecule has 8 nitrogen and oxygen atoms in total. The first-order valence-electron chi connectivity index (χ1n) is 15.8. The lowest BCUT2D eigenvalue weighted by atomic mass is 9.87. The van der Waals surface area contributed by atoms with E-state index in [1.54, 1.807) is 6.07 Å². The molecular weight excluding hydrogens is 590 g/mol. The standard InChI is InChI=1S/C33H45ClF2N4O4/c1-6-40(23-7-9-33(35,36)10-8-23)29-15-26(44-25-12-24(13-25)39-17-21(4)43-22(5)18-39)14-27(30(29)34)31(41)37-16-28-19(2)11-20(3)38-32(28)42/h11,14-15,21-25H,6-10,12-13,16-18H2,1-5H3,(H,37,41)(H,38,42)/t21-,22+,24-,25-. The second-order valence-electron chi connectivity index (χ2n) is 12.9. The van der Waals surface area contributed by atoms with E-state index < -0.39 is 11.8 Å². The average molecular weight is 635 g/mol. The first-order chi connectivity index (χ1) is 20.8. The van der Waals surface area contributed by atoms with Gasteiger partial charge in [-0.2, -0.15) is 0 Å². The molecule has 2 saturated carbocycles. The van der Waals surface area contributed by atoms with Gasteiger partial charge in [0.25, 0.3) is 11.5 Å². The number of aromatic nitrogens is 1. The second-order valence-corrected chi connectivity index (χ2v) is 13.3. The summed E-state index contributed by atoms with van der Waals surface area (Å²) in [6, 6.07) is 5.64. The Labute approximate surface area is 263 Å². The molecule has 2 N–H and O–H groups in total. The Morgan fingerprint density at radius 3 is 2.43 bits per heavy atom. The zero-order valence-electron chi connectivity index (χ0n) is 26.4. The Morgan fingerprint density at radius 1 is 1.16 bits per heavy atom. The summed E-state index contributed by atoms with van der Waals surface area (Å²) in [5.41, 5.74) is 2.58. The number of carbonyl (C=O) groups excluding carboxylic acids is 1. The van der Waals surface area contributed by atoms with E-state index in [1.807, 2.05) is 37.8 Å². The van der Waals surface area contributed by atoms with Crippen LogP contribution in [-0.4, -0.2) is 71.7 Å². The predicted octanol–water partition coefficient (Wildman–Crippen LogP) is 6.00. The van der Waals surface area contributed by atoms with Crippen molar-refractivity contribution in [3.8, 4) is 5.75 Å². The third-order valence-electron chi connectivity index (χ3n) is 9.31. The molecule has 1 aliphatic heterocycles. The molecule has 1 saturated heterocycles. The summed E-state index contributed by atoms with van der Waals surface area (Å²) in [5.74, 6) is -2.57. The van der Waals surface area contributed by atoms with Crippen LogP contribution in [0.15, 0.2) is 23.0 Å². The molecule has 3 fully saturated rings. The Bertz CT molecular complexity index is 1390. The minimum absolute atomic E-state index is 0.0180. The van der Waals surface area contributed by atoms with Crippen LogP contribution in [-0.2, 0) is 11.3 Å². The number of hydrogen-bond donors (Lipinski definition) is 2. The average Bonchev–Trinajstić information content (AvgIpc) is 2.91. The van der Waals surface area contributed by atoms with Crippen LogP contribution in [0.5, 0.6) is 5.75 Å². The van der Waals surface area contributed by atoms with E-state index in [2.05, 4.69) is 29.0 Å². The number of nitrogens with zero attached hydrogens (tertiary/aromatic N) is 2. The molecule has 5 rings (SSSR count). The monoisotopic (exact) mass is 634 g/mol. The van der Waals surface area contributed by atoms with E-state index in [-0.39, 0.29) is 59.9 Å². The smallest absolute Gasteiger partial charge is 0.253 e. The third kappa shape index (κ3) is 7.40. The number of rotatable bonds is 9. The summed E-state index contributed by atoms with van der Waals surface area (Å²) >= 11 is 6.93. The summed E-state index contributed by atoms with van der Waals surface area (Å²) in [4.78, 5) is 33.4. The van der Waals surface area contributed by atoms with E-state index >= 15 is 0 Å². The number of pyridine rings is 1. The number of aryl methyl sites for hydroxylation is 2. The Balaban J connectivity index is 1.37. The number of aromatic amines is 1. The molecule has 11 heteroatoms. The number of anilines is 1. The van der Waals surface area contributed by atoms with Crippen molar-refractivity contribution in [1.29, 1.82) is 0 Å². The lowest BCUT2D eigenvalue weighted by Gasteiger charge is -2.47. The number of ether oxygens (including phenoxy) is 2. The van der Waals surface area contributed by atoms with Gasteiger partial charge in [-0.1, -0.05) is 11.6 Å². The van der Waals surface area contributed by atoms with Crippen LogP contribution in [0.25, 0.3) is 0 Å². The van der Waals surface area contributed by atoms with Crippen LogP contribution in [0.1, 0.15) is 86.5 Å². The van der Waals surface area contributed by atoms with Crippen LogP contribution >= 0.6 is 11.6 Å². The maximum Gasteiger partial charge on any atom is 0.253 e. The molecule has 2 aromatic rings. The van der Waals surface area contributed by atoms with Crippen LogP contribution in [0, 0.1) is 13.8 Å². The van der Waals surface area contributed by atoms with E-state index in [9.17, 15) is 18.4 Å². The molecule has 3 aliphatic rings. The topological polar surface area (TPSA) is 86.9 Å². The van der Waals surface area contributed by atoms with Crippen molar-refractivity contribution < 1.29 is 23.0 Å². The van der Waals surface area contributed by atoms with Gasteiger partial charge in [0.15, 0.2) is 0 Å². The second kappa shape index (κ2) is 13.3. The van der Waals surface area contributed by atoms with E-state index in [0.29, 0.717) is 42.4 Å². The van der Waals surface area contributed by atoms with Crippen molar-refractivity contribution in [2.24, 2.45) is 0 Å². The number of carbonyl (C=O) groups is 1. The van der Waals surface area contributed by atoms with Crippen molar-refractivity contribution in [3.05, 3.63) is 56.0 Å². The summed E-state index contributed by atoms with van der Waals surface area (Å²) < 4.78 is 40.4. The van der Waals surface area contributed by atoms with Crippen LogP contribution < -0.4 is 20.5 Å². The Morgan fingerprint density at radius 2 is 1.82 bits per heavy atom. The minimum Gasteiger partial charge on any atom is -0.490 e. The van der Waals surface area contributed by atoms with Crippen molar-refractivity contribution in [1.82, 2.24) is 15.2 Å². The first-order valence-corrected chi connectivity index (χ1v) is 16.2. The molecule has 0 unspecified atom stereocenters. The molecule has 0 bridgehead atoms. The molecule has 1 aromatic carbocycles. The van der Waals surface area contributed by atoms with Gasteiger partial charge in [0.1, 0.15) is 11.9 Å². The number of hydrogen-bond acceptors (Lipinski definition) is 6. The van der Waals surface area contributed by atoms with Gasteiger partial charge < -0.3 is 24.7 Å². The number of H-pyrrole nitrogens is 1. The summed E-state index contributed by atoms with van der Waals surface area (Å²) in [5, 5.41) is 3.11. The largest absolute Gasteiger partial charge is 0.490 e. The number of nitrogens with one attached hydrogen (secondary N) is 2. The number of morpholine rings is 1. The van der Waals surface area contributed by atoms with Gasteiger partial charge in [0.2, 0.25) is 5.92 Å². The van der Waals surface area contributed by atoms with Gasteiger partial charge in [-0.25, -0.2) is 8.78 Å². The summed E-state index contributed by atoms with van der Waals surface area (Å²) in [6.45, 7) is 12.2. The van der Waals surface area contributed by atoms with E-state index in [0.717, 1.165) is 37.2 Å². The van der Waals surface area contributed by atoms with Crippen molar-refractivity contribution in [2.75, 3.05) is 24.5 Å². The summed E-state index contributed by atoms with van der Waals surface area (Å²) in [7, 11) is 0. The van der Waals surface area contributed by atoms with Crippen LogP contribution in [0.3, 0.4) is 0 Å². The zero-order chi connectivity index (χ0) is 31.8. The highest BCUT2D eigenvalue weighted by molar-refractivity contribution is 6.36. The number of benzene rings is 1. The quantitative estimate of drug-likeness (QED) is 0.352. The molecule has 242 valence electrons. The predicted molar refractivity (Wildman–Crippen MR) is 168 cm³/mol.